The second-order valence-corrected chi connectivity index (χ2v) is 4.54. The van der Waals surface area contributed by atoms with Gasteiger partial charge in [-0.1, -0.05) is 6.07 Å². The molecule has 0 spiro atoms. The molecule has 112 valence electrons. The molecule has 2 aromatic rings. The Morgan fingerprint density at radius 2 is 1.81 bits per heavy atom. The SMILES string of the molecule is CCNc1cc(C)nc(COc2cccc(OCC)c2)n1. The molecule has 1 heterocycles. The number of hydrogen-bond acceptors (Lipinski definition) is 5. The van der Waals surface area contributed by atoms with Crippen molar-refractivity contribution in [1.29, 1.82) is 0 Å². The standard InChI is InChI=1S/C16H21N3O2/c1-4-17-15-9-12(3)18-16(19-15)11-21-14-8-6-7-13(10-14)20-5-2/h6-10H,4-5,11H2,1-3H3,(H,17,18,19). The highest BCUT2D eigenvalue weighted by atomic mass is 16.5. The van der Waals surface area contributed by atoms with E-state index in [9.17, 15) is 0 Å². The molecule has 21 heavy (non-hydrogen) atoms. The Hall–Kier alpha value is -2.30. The first-order valence-corrected chi connectivity index (χ1v) is 7.15. The van der Waals surface area contributed by atoms with Crippen LogP contribution in [0, 0.1) is 6.92 Å². The lowest BCUT2D eigenvalue weighted by molar-refractivity contribution is 0.290. The van der Waals surface area contributed by atoms with Crippen LogP contribution in [0.4, 0.5) is 5.82 Å². The van der Waals surface area contributed by atoms with Crippen LogP contribution in [0.15, 0.2) is 30.3 Å². The van der Waals surface area contributed by atoms with Crippen LogP contribution in [0.1, 0.15) is 25.4 Å². The van der Waals surface area contributed by atoms with Crippen LogP contribution in [0.3, 0.4) is 0 Å². The molecule has 0 aliphatic carbocycles. The maximum absolute atomic E-state index is 5.73. The summed E-state index contributed by atoms with van der Waals surface area (Å²) in [6.07, 6.45) is 0. The smallest absolute Gasteiger partial charge is 0.168 e. The highest BCUT2D eigenvalue weighted by Crippen LogP contribution is 2.20. The highest BCUT2D eigenvalue weighted by molar-refractivity contribution is 5.36. The molecule has 0 saturated heterocycles. The molecule has 0 saturated carbocycles. The van der Waals surface area contributed by atoms with Gasteiger partial charge in [0.15, 0.2) is 5.82 Å². The predicted octanol–water partition coefficient (Wildman–Crippen LogP) is 3.19. The summed E-state index contributed by atoms with van der Waals surface area (Å²) >= 11 is 0. The molecule has 1 aromatic heterocycles. The Morgan fingerprint density at radius 3 is 2.52 bits per heavy atom. The number of nitrogens with zero attached hydrogens (tertiary/aromatic N) is 2. The minimum atomic E-state index is 0.329. The number of benzene rings is 1. The molecule has 0 bridgehead atoms. The van der Waals surface area contributed by atoms with Crippen molar-refractivity contribution in [3.05, 3.63) is 41.9 Å². The van der Waals surface area contributed by atoms with Gasteiger partial charge in [0.05, 0.1) is 6.61 Å². The molecule has 5 heteroatoms. The lowest BCUT2D eigenvalue weighted by atomic mass is 10.3. The first kappa shape index (κ1) is 15.1. The number of rotatable bonds is 7. The lowest BCUT2D eigenvalue weighted by Crippen LogP contribution is -2.07. The minimum absolute atomic E-state index is 0.329. The third-order valence-electron chi connectivity index (χ3n) is 2.74. The lowest BCUT2D eigenvalue weighted by Gasteiger charge is -2.09. The van der Waals surface area contributed by atoms with Gasteiger partial charge in [-0.25, -0.2) is 9.97 Å². The van der Waals surface area contributed by atoms with Crippen LogP contribution < -0.4 is 14.8 Å². The van der Waals surface area contributed by atoms with E-state index in [1.165, 1.54) is 0 Å². The molecular weight excluding hydrogens is 266 g/mol. The zero-order valence-corrected chi connectivity index (χ0v) is 12.7. The topological polar surface area (TPSA) is 56.3 Å². The second-order valence-electron chi connectivity index (χ2n) is 4.54. The third-order valence-corrected chi connectivity index (χ3v) is 2.74. The molecule has 0 amide bonds. The third kappa shape index (κ3) is 4.63. The average Bonchev–Trinajstić information content (AvgIpc) is 2.46. The zero-order valence-electron chi connectivity index (χ0n) is 12.7. The van der Waals surface area contributed by atoms with Crippen molar-refractivity contribution >= 4 is 5.82 Å². The van der Waals surface area contributed by atoms with Gasteiger partial charge in [-0.3, -0.25) is 0 Å². The van der Waals surface area contributed by atoms with Crippen molar-refractivity contribution in [1.82, 2.24) is 9.97 Å². The molecule has 0 unspecified atom stereocenters. The molecule has 0 aliphatic rings. The van der Waals surface area contributed by atoms with Crippen molar-refractivity contribution in [3.8, 4) is 11.5 Å². The molecular formula is C16H21N3O2. The second kappa shape index (κ2) is 7.47. The van der Waals surface area contributed by atoms with E-state index in [4.69, 9.17) is 9.47 Å². The van der Waals surface area contributed by atoms with Gasteiger partial charge in [-0.05, 0) is 32.9 Å². The van der Waals surface area contributed by atoms with Crippen molar-refractivity contribution in [3.63, 3.8) is 0 Å². The summed E-state index contributed by atoms with van der Waals surface area (Å²) in [5.74, 6) is 3.03. The molecule has 1 aromatic carbocycles. The molecule has 0 fully saturated rings. The normalized spacial score (nSPS) is 10.2. The molecule has 2 rings (SSSR count). The van der Waals surface area contributed by atoms with Gasteiger partial charge in [0.1, 0.15) is 23.9 Å². The van der Waals surface area contributed by atoms with Gasteiger partial charge in [-0.2, -0.15) is 0 Å². The van der Waals surface area contributed by atoms with Crippen LogP contribution in [0.2, 0.25) is 0 Å². The van der Waals surface area contributed by atoms with Crippen molar-refractivity contribution in [2.24, 2.45) is 0 Å². The Kier molecular flexibility index (Phi) is 5.37. The van der Waals surface area contributed by atoms with E-state index in [1.807, 2.05) is 51.1 Å². The van der Waals surface area contributed by atoms with E-state index in [-0.39, 0.29) is 0 Å². The maximum Gasteiger partial charge on any atom is 0.168 e. The zero-order chi connectivity index (χ0) is 15.1. The number of aromatic nitrogens is 2. The fourth-order valence-corrected chi connectivity index (χ4v) is 1.93. The maximum atomic E-state index is 5.73. The van der Waals surface area contributed by atoms with Gasteiger partial charge in [-0.15, -0.1) is 0 Å². The number of anilines is 1. The summed E-state index contributed by atoms with van der Waals surface area (Å²) in [7, 11) is 0. The van der Waals surface area contributed by atoms with Gasteiger partial charge in [0.25, 0.3) is 0 Å². The van der Waals surface area contributed by atoms with Gasteiger partial charge in [0.2, 0.25) is 0 Å². The Morgan fingerprint density at radius 1 is 1.05 bits per heavy atom. The summed E-state index contributed by atoms with van der Waals surface area (Å²) < 4.78 is 11.2. The summed E-state index contributed by atoms with van der Waals surface area (Å²) in [5, 5.41) is 3.19. The average molecular weight is 287 g/mol. The van der Waals surface area contributed by atoms with Gasteiger partial charge < -0.3 is 14.8 Å². The first-order chi connectivity index (χ1) is 10.2. The first-order valence-electron chi connectivity index (χ1n) is 7.15. The fourth-order valence-electron chi connectivity index (χ4n) is 1.93. The van der Waals surface area contributed by atoms with Crippen molar-refractivity contribution in [2.45, 2.75) is 27.4 Å². The largest absolute Gasteiger partial charge is 0.494 e. The number of ether oxygens (including phenoxy) is 2. The Bertz CT molecular complexity index is 587. The molecule has 5 nitrogen and oxygen atoms in total. The van der Waals surface area contributed by atoms with E-state index in [0.717, 1.165) is 29.6 Å². The van der Waals surface area contributed by atoms with Gasteiger partial charge in [0, 0.05) is 24.4 Å². The molecule has 1 N–H and O–H groups in total. The number of aryl methyl sites for hydroxylation is 1. The molecule has 0 aliphatic heterocycles. The molecule has 0 radical (unpaired) electrons. The van der Waals surface area contributed by atoms with E-state index in [0.29, 0.717) is 19.0 Å². The monoisotopic (exact) mass is 287 g/mol. The Balaban J connectivity index is 2.03. The van der Waals surface area contributed by atoms with Gasteiger partial charge >= 0.3 is 0 Å². The summed E-state index contributed by atoms with van der Waals surface area (Å²) in [4.78, 5) is 8.80. The predicted molar refractivity (Wildman–Crippen MR) is 82.9 cm³/mol. The van der Waals surface area contributed by atoms with Crippen LogP contribution >= 0.6 is 0 Å². The van der Waals surface area contributed by atoms with E-state index in [2.05, 4.69) is 15.3 Å². The Labute approximate surface area is 125 Å². The van der Waals surface area contributed by atoms with E-state index in [1.54, 1.807) is 0 Å². The van der Waals surface area contributed by atoms with E-state index < -0.39 is 0 Å². The van der Waals surface area contributed by atoms with Crippen LogP contribution in [0.25, 0.3) is 0 Å². The van der Waals surface area contributed by atoms with Crippen LogP contribution in [0.5, 0.6) is 11.5 Å². The van der Waals surface area contributed by atoms with Crippen LogP contribution in [-0.4, -0.2) is 23.1 Å². The quantitative estimate of drug-likeness (QED) is 0.847. The summed E-state index contributed by atoms with van der Waals surface area (Å²) in [6, 6.07) is 9.49. The fraction of sp³-hybridized carbons (Fsp3) is 0.375. The highest BCUT2D eigenvalue weighted by Gasteiger charge is 2.04. The van der Waals surface area contributed by atoms with Crippen LogP contribution in [-0.2, 0) is 6.61 Å². The van der Waals surface area contributed by atoms with Crippen molar-refractivity contribution < 1.29 is 9.47 Å². The number of nitrogens with one attached hydrogen (secondary N) is 1. The van der Waals surface area contributed by atoms with Crippen molar-refractivity contribution in [2.75, 3.05) is 18.5 Å². The molecule has 0 atom stereocenters. The summed E-state index contributed by atoms with van der Waals surface area (Å²) in [5.41, 5.74) is 0.919. The van der Waals surface area contributed by atoms with E-state index >= 15 is 0 Å². The minimum Gasteiger partial charge on any atom is -0.494 e. The summed E-state index contributed by atoms with van der Waals surface area (Å²) in [6.45, 7) is 7.73. The number of hydrogen-bond donors (Lipinski definition) is 1.